The lowest BCUT2D eigenvalue weighted by Crippen LogP contribution is -2.23. The Morgan fingerprint density at radius 2 is 1.76 bits per heavy atom. The minimum absolute atomic E-state index is 0.0186. The number of ketones is 1. The summed E-state index contributed by atoms with van der Waals surface area (Å²) in [5.41, 5.74) is 0. The van der Waals surface area contributed by atoms with Crippen LogP contribution in [0.5, 0.6) is 0 Å². The Hall–Kier alpha value is -1.07. The van der Waals surface area contributed by atoms with Crippen molar-refractivity contribution in [1.29, 1.82) is 0 Å². The number of unbranched alkanes of at least 4 members (excludes halogenated alkanes) is 6. The van der Waals surface area contributed by atoms with Crippen molar-refractivity contribution >= 4 is 23.4 Å². The van der Waals surface area contributed by atoms with Crippen LogP contribution in [-0.4, -0.2) is 39.1 Å². The number of allylic oxidation sites excluding steroid dienone is 1. The highest BCUT2D eigenvalue weighted by Crippen LogP contribution is 2.37. The fourth-order valence-electron chi connectivity index (χ4n) is 3.49. The predicted molar refractivity (Wildman–Crippen MR) is 97.8 cm³/mol. The van der Waals surface area contributed by atoms with Gasteiger partial charge in [-0.2, -0.15) is 0 Å². The number of halogens is 1. The molecule has 6 heteroatoms. The number of carbonyl (C=O) groups is 2. The van der Waals surface area contributed by atoms with Gasteiger partial charge in [-0.15, -0.1) is 11.6 Å². The van der Waals surface area contributed by atoms with E-state index in [0.717, 1.165) is 44.9 Å². The molecule has 3 N–H and O–H groups in total. The van der Waals surface area contributed by atoms with Gasteiger partial charge in [0, 0.05) is 24.6 Å². The van der Waals surface area contributed by atoms with E-state index < -0.39 is 18.0 Å². The first-order valence-electron chi connectivity index (χ1n) is 9.35. The first-order chi connectivity index (χ1) is 12.0. The first-order valence-corrected chi connectivity index (χ1v) is 9.88. The summed E-state index contributed by atoms with van der Waals surface area (Å²) < 4.78 is 0. The lowest BCUT2D eigenvalue weighted by molar-refractivity contribution is -0.137. The van der Waals surface area contributed by atoms with E-state index in [1.54, 1.807) is 6.08 Å². The minimum atomic E-state index is -0.802. The summed E-state index contributed by atoms with van der Waals surface area (Å²) in [7, 11) is 0. The van der Waals surface area contributed by atoms with Gasteiger partial charge in [-0.25, -0.2) is 0 Å². The highest BCUT2D eigenvalue weighted by molar-refractivity contribution is 6.17. The van der Waals surface area contributed by atoms with Crippen molar-refractivity contribution in [2.75, 3.05) is 5.88 Å². The van der Waals surface area contributed by atoms with Gasteiger partial charge >= 0.3 is 5.97 Å². The number of rotatable bonds is 13. The number of hydrogen-bond donors (Lipinski definition) is 3. The Balaban J connectivity index is 2.42. The molecule has 1 saturated carbocycles. The van der Waals surface area contributed by atoms with Crippen molar-refractivity contribution in [2.45, 2.75) is 76.7 Å². The molecule has 1 aliphatic rings. The van der Waals surface area contributed by atoms with Gasteiger partial charge in [0.15, 0.2) is 0 Å². The molecule has 0 amide bonds. The molecule has 0 radical (unpaired) electrons. The highest BCUT2D eigenvalue weighted by Gasteiger charge is 2.43. The van der Waals surface area contributed by atoms with Crippen molar-refractivity contribution in [2.24, 2.45) is 11.8 Å². The van der Waals surface area contributed by atoms with Crippen LogP contribution in [0.15, 0.2) is 11.8 Å². The molecule has 1 fully saturated rings. The Bertz CT molecular complexity index is 449. The van der Waals surface area contributed by atoms with E-state index in [1.165, 1.54) is 0 Å². The second-order valence-corrected chi connectivity index (χ2v) is 7.26. The molecule has 0 aromatic heterocycles. The maximum absolute atomic E-state index is 12.1. The number of hydrogen-bond acceptors (Lipinski definition) is 4. The van der Waals surface area contributed by atoms with Crippen molar-refractivity contribution in [1.82, 2.24) is 0 Å². The topological polar surface area (TPSA) is 94.8 Å². The van der Waals surface area contributed by atoms with E-state index >= 15 is 0 Å². The molecular weight excluding hydrogens is 344 g/mol. The summed E-state index contributed by atoms with van der Waals surface area (Å²) in [4.78, 5) is 22.6. The van der Waals surface area contributed by atoms with Crippen LogP contribution in [0.1, 0.15) is 70.6 Å². The molecule has 3 atom stereocenters. The molecule has 0 unspecified atom stereocenters. The highest BCUT2D eigenvalue weighted by atomic mass is 35.5. The molecule has 0 saturated heterocycles. The Morgan fingerprint density at radius 1 is 1.08 bits per heavy atom. The van der Waals surface area contributed by atoms with Crippen LogP contribution in [0.2, 0.25) is 0 Å². The smallest absolute Gasteiger partial charge is 0.303 e. The third-order valence-electron chi connectivity index (χ3n) is 4.86. The van der Waals surface area contributed by atoms with Gasteiger partial charge in [0.1, 0.15) is 5.78 Å². The third kappa shape index (κ3) is 8.23. The van der Waals surface area contributed by atoms with E-state index in [0.29, 0.717) is 18.7 Å². The van der Waals surface area contributed by atoms with Crippen molar-refractivity contribution < 1.29 is 24.9 Å². The van der Waals surface area contributed by atoms with Gasteiger partial charge in [-0.05, 0) is 38.2 Å². The minimum Gasteiger partial charge on any atom is -0.512 e. The maximum atomic E-state index is 12.1. The fraction of sp³-hybridized carbons (Fsp3) is 0.789. The molecule has 5 nitrogen and oxygen atoms in total. The molecule has 144 valence electrons. The molecular formula is C19H31ClO5. The molecule has 0 heterocycles. The number of carboxylic acid groups (broad SMARTS) is 1. The van der Waals surface area contributed by atoms with Gasteiger partial charge in [0.05, 0.1) is 17.8 Å². The lowest BCUT2D eigenvalue weighted by atomic mass is 9.87. The van der Waals surface area contributed by atoms with Crippen LogP contribution in [0, 0.1) is 11.8 Å². The number of aliphatic hydroxyl groups is 2. The Kier molecular flexibility index (Phi) is 10.8. The predicted octanol–water partition coefficient (Wildman–Crippen LogP) is 4.22. The van der Waals surface area contributed by atoms with Gasteiger partial charge in [0.25, 0.3) is 0 Å². The Morgan fingerprint density at radius 3 is 2.44 bits per heavy atom. The van der Waals surface area contributed by atoms with E-state index in [-0.39, 0.29) is 30.3 Å². The molecule has 0 aromatic rings. The SMILES string of the molecule is O=C(O)CCCCCC[C@H]1C(=O)C[C@H](O)[C@@H]1C(O)=CCCCCCCl. The quantitative estimate of drug-likeness (QED) is 0.255. The Labute approximate surface area is 155 Å². The van der Waals surface area contributed by atoms with Crippen LogP contribution in [-0.2, 0) is 9.59 Å². The number of carbonyl (C=O) groups excluding carboxylic acids is 1. The monoisotopic (exact) mass is 374 g/mol. The molecule has 0 aliphatic heterocycles. The number of Topliss-reactive ketones (excluding diaryl/α,β-unsaturated/α-hetero) is 1. The van der Waals surface area contributed by atoms with E-state index in [9.17, 15) is 19.8 Å². The average Bonchev–Trinajstić information content (AvgIpc) is 2.83. The molecule has 0 bridgehead atoms. The summed E-state index contributed by atoms with van der Waals surface area (Å²) in [6.45, 7) is 0. The molecule has 0 aromatic carbocycles. The normalized spacial score (nSPS) is 24.0. The summed E-state index contributed by atoms with van der Waals surface area (Å²) in [5.74, 6) is -0.798. The van der Waals surface area contributed by atoms with Crippen LogP contribution >= 0.6 is 11.6 Å². The number of carboxylic acids is 1. The van der Waals surface area contributed by atoms with E-state index in [4.69, 9.17) is 16.7 Å². The van der Waals surface area contributed by atoms with Crippen LogP contribution in [0.3, 0.4) is 0 Å². The first kappa shape index (κ1) is 22.0. The zero-order chi connectivity index (χ0) is 18.7. The van der Waals surface area contributed by atoms with E-state index in [1.807, 2.05) is 0 Å². The van der Waals surface area contributed by atoms with Gasteiger partial charge < -0.3 is 15.3 Å². The van der Waals surface area contributed by atoms with Crippen LogP contribution in [0.25, 0.3) is 0 Å². The third-order valence-corrected chi connectivity index (χ3v) is 5.13. The summed E-state index contributed by atoms with van der Waals surface area (Å²) in [6, 6.07) is 0. The lowest BCUT2D eigenvalue weighted by Gasteiger charge is -2.20. The largest absolute Gasteiger partial charge is 0.512 e. The van der Waals surface area contributed by atoms with Gasteiger partial charge in [-0.3, -0.25) is 9.59 Å². The zero-order valence-electron chi connectivity index (χ0n) is 14.8. The maximum Gasteiger partial charge on any atom is 0.303 e. The fourth-order valence-corrected chi connectivity index (χ4v) is 3.68. The summed E-state index contributed by atoms with van der Waals surface area (Å²) >= 11 is 5.63. The summed E-state index contributed by atoms with van der Waals surface area (Å²) in [5, 5.41) is 29.1. The number of alkyl halides is 1. The standard InChI is InChI=1S/C19H31ClO5/c20-12-8-4-3-6-10-15(21)19-14(16(22)13-17(19)23)9-5-1-2-7-11-18(24)25/h10,14,17,19,21,23H,1-9,11-13H2,(H,24,25)/t14-,17-,19-/m0/s1. The van der Waals surface area contributed by atoms with Gasteiger partial charge in [0.2, 0.25) is 0 Å². The average molecular weight is 375 g/mol. The van der Waals surface area contributed by atoms with Crippen molar-refractivity contribution in [3.63, 3.8) is 0 Å². The van der Waals surface area contributed by atoms with Crippen molar-refractivity contribution in [3.05, 3.63) is 11.8 Å². The molecule has 25 heavy (non-hydrogen) atoms. The second kappa shape index (κ2) is 12.3. The molecule has 1 aliphatic carbocycles. The number of aliphatic carboxylic acids is 1. The van der Waals surface area contributed by atoms with Crippen LogP contribution in [0.4, 0.5) is 0 Å². The zero-order valence-corrected chi connectivity index (χ0v) is 15.6. The van der Waals surface area contributed by atoms with E-state index in [2.05, 4.69) is 0 Å². The second-order valence-electron chi connectivity index (χ2n) is 6.88. The molecule has 0 spiro atoms. The molecule has 1 rings (SSSR count). The van der Waals surface area contributed by atoms with Gasteiger partial charge in [-0.1, -0.05) is 25.7 Å². The summed E-state index contributed by atoms with van der Waals surface area (Å²) in [6.07, 6.45) is 8.60. The van der Waals surface area contributed by atoms with Crippen LogP contribution < -0.4 is 0 Å². The number of aliphatic hydroxyl groups excluding tert-OH is 2. The van der Waals surface area contributed by atoms with Crippen molar-refractivity contribution in [3.8, 4) is 0 Å².